The van der Waals surface area contributed by atoms with Gasteiger partial charge >= 0.3 is 0 Å². The van der Waals surface area contributed by atoms with Crippen LogP contribution in [0.25, 0.3) is 11.0 Å². The van der Waals surface area contributed by atoms with Gasteiger partial charge in [-0.05, 0) is 49.6 Å². The van der Waals surface area contributed by atoms with Gasteiger partial charge < -0.3 is 9.88 Å². The second-order valence-electron chi connectivity index (χ2n) is 8.59. The van der Waals surface area contributed by atoms with E-state index in [2.05, 4.69) is 14.8 Å². The third-order valence-electron chi connectivity index (χ3n) is 6.44. The second kappa shape index (κ2) is 8.26. The van der Waals surface area contributed by atoms with Crippen LogP contribution in [0.15, 0.2) is 53.4 Å². The van der Waals surface area contributed by atoms with Gasteiger partial charge in [-0.15, -0.1) is 0 Å². The predicted molar refractivity (Wildman–Crippen MR) is 123 cm³/mol. The zero-order valence-electron chi connectivity index (χ0n) is 17.9. The number of H-pyrrole nitrogens is 1. The van der Waals surface area contributed by atoms with E-state index in [1.807, 2.05) is 43.3 Å². The van der Waals surface area contributed by atoms with E-state index in [4.69, 9.17) is 4.98 Å². The van der Waals surface area contributed by atoms with Crippen molar-refractivity contribution in [1.82, 2.24) is 19.2 Å². The van der Waals surface area contributed by atoms with Gasteiger partial charge in [0, 0.05) is 45.3 Å². The monoisotopic (exact) mass is 439 g/mol. The van der Waals surface area contributed by atoms with E-state index in [0.717, 1.165) is 68.1 Å². The molecule has 8 heteroatoms. The molecule has 7 nitrogen and oxygen atoms in total. The van der Waals surface area contributed by atoms with Gasteiger partial charge in [0.05, 0.1) is 15.9 Å². The van der Waals surface area contributed by atoms with Crippen LogP contribution in [0.4, 0.5) is 5.95 Å². The maximum atomic E-state index is 13.2. The SMILES string of the molecule is Cc1cccc(S(=O)(=O)N2CCC[C@H]2CN2CCN(c3nc4ccccc4[nH]3)CC2)c1. The third kappa shape index (κ3) is 4.07. The zero-order chi connectivity index (χ0) is 21.4. The molecular formula is C23H29N5O2S. The summed E-state index contributed by atoms with van der Waals surface area (Å²) in [7, 11) is -3.45. The molecule has 2 saturated heterocycles. The maximum Gasteiger partial charge on any atom is 0.243 e. The van der Waals surface area contributed by atoms with Crippen LogP contribution in [-0.2, 0) is 10.0 Å². The Balaban J connectivity index is 1.23. The summed E-state index contributed by atoms with van der Waals surface area (Å²) in [4.78, 5) is 13.2. The molecule has 1 atom stereocenters. The molecule has 3 aromatic rings. The number of imidazole rings is 1. The number of anilines is 1. The highest BCUT2D eigenvalue weighted by atomic mass is 32.2. The van der Waals surface area contributed by atoms with Gasteiger partial charge in [0.15, 0.2) is 0 Å². The lowest BCUT2D eigenvalue weighted by atomic mass is 10.2. The number of rotatable bonds is 5. The minimum atomic E-state index is -3.45. The van der Waals surface area contributed by atoms with Gasteiger partial charge in [0.1, 0.15) is 0 Å². The van der Waals surface area contributed by atoms with Crippen LogP contribution in [0, 0.1) is 6.92 Å². The quantitative estimate of drug-likeness (QED) is 0.662. The molecule has 3 heterocycles. The van der Waals surface area contributed by atoms with E-state index in [0.29, 0.717) is 11.4 Å². The summed E-state index contributed by atoms with van der Waals surface area (Å²) in [6.07, 6.45) is 1.85. The lowest BCUT2D eigenvalue weighted by Crippen LogP contribution is -2.51. The summed E-state index contributed by atoms with van der Waals surface area (Å²) in [5, 5.41) is 0. The average Bonchev–Trinajstić information content (AvgIpc) is 3.41. The fourth-order valence-electron chi connectivity index (χ4n) is 4.75. The van der Waals surface area contributed by atoms with Crippen LogP contribution in [0.3, 0.4) is 0 Å². The lowest BCUT2D eigenvalue weighted by molar-refractivity contribution is 0.208. The first-order valence-electron chi connectivity index (χ1n) is 11.0. The smallest absolute Gasteiger partial charge is 0.243 e. The molecule has 2 aliphatic rings. The molecule has 164 valence electrons. The molecule has 2 aliphatic heterocycles. The third-order valence-corrected chi connectivity index (χ3v) is 8.38. The lowest BCUT2D eigenvalue weighted by Gasteiger charge is -2.37. The summed E-state index contributed by atoms with van der Waals surface area (Å²) in [5.74, 6) is 0.922. The Morgan fingerprint density at radius 1 is 1.03 bits per heavy atom. The summed E-state index contributed by atoms with van der Waals surface area (Å²) in [6.45, 7) is 6.92. The molecule has 0 bridgehead atoms. The topological polar surface area (TPSA) is 72.5 Å². The van der Waals surface area contributed by atoms with Crippen LogP contribution in [0.5, 0.6) is 0 Å². The molecule has 0 unspecified atom stereocenters. The van der Waals surface area contributed by atoms with Crippen molar-refractivity contribution in [2.24, 2.45) is 0 Å². The van der Waals surface area contributed by atoms with Crippen molar-refractivity contribution >= 4 is 27.0 Å². The van der Waals surface area contributed by atoms with E-state index >= 15 is 0 Å². The molecule has 0 amide bonds. The molecule has 31 heavy (non-hydrogen) atoms. The molecular weight excluding hydrogens is 410 g/mol. The molecule has 1 N–H and O–H groups in total. The van der Waals surface area contributed by atoms with Gasteiger partial charge in [0.2, 0.25) is 16.0 Å². The van der Waals surface area contributed by atoms with Crippen molar-refractivity contribution in [2.45, 2.75) is 30.7 Å². The molecule has 0 spiro atoms. The Kier molecular flexibility index (Phi) is 5.45. The number of nitrogens with one attached hydrogen (secondary N) is 1. The van der Waals surface area contributed by atoms with Gasteiger partial charge in [0.25, 0.3) is 0 Å². The fraction of sp³-hybridized carbons (Fsp3) is 0.435. The first-order chi connectivity index (χ1) is 15.0. The molecule has 0 saturated carbocycles. The molecule has 1 aromatic heterocycles. The molecule has 2 fully saturated rings. The normalized spacial score (nSPS) is 21.2. The number of piperazine rings is 1. The Labute approximate surface area is 183 Å². The number of aromatic nitrogens is 2. The highest BCUT2D eigenvalue weighted by Gasteiger charge is 2.36. The fourth-order valence-corrected chi connectivity index (χ4v) is 6.54. The van der Waals surface area contributed by atoms with Crippen LogP contribution in [-0.4, -0.2) is 72.9 Å². The van der Waals surface area contributed by atoms with Crippen LogP contribution in [0.1, 0.15) is 18.4 Å². The predicted octanol–water partition coefficient (Wildman–Crippen LogP) is 2.85. The Morgan fingerprint density at radius 3 is 2.61 bits per heavy atom. The summed E-state index contributed by atoms with van der Waals surface area (Å²) < 4.78 is 28.2. The van der Waals surface area contributed by atoms with Gasteiger partial charge in [-0.1, -0.05) is 24.3 Å². The largest absolute Gasteiger partial charge is 0.340 e. The minimum Gasteiger partial charge on any atom is -0.340 e. The number of aryl methyl sites for hydroxylation is 1. The van der Waals surface area contributed by atoms with E-state index in [-0.39, 0.29) is 6.04 Å². The Hall–Kier alpha value is -2.42. The van der Waals surface area contributed by atoms with Crippen LogP contribution < -0.4 is 4.90 Å². The van der Waals surface area contributed by atoms with E-state index in [1.165, 1.54) is 0 Å². The second-order valence-corrected chi connectivity index (χ2v) is 10.5. The first-order valence-corrected chi connectivity index (χ1v) is 12.5. The number of hydrogen-bond donors (Lipinski definition) is 1. The number of para-hydroxylation sites is 2. The highest BCUT2D eigenvalue weighted by Crippen LogP contribution is 2.27. The molecule has 0 radical (unpaired) electrons. The summed E-state index contributed by atoms with van der Waals surface area (Å²) in [5.41, 5.74) is 3.02. The van der Waals surface area contributed by atoms with E-state index in [9.17, 15) is 8.42 Å². The average molecular weight is 440 g/mol. The maximum absolute atomic E-state index is 13.2. The van der Waals surface area contributed by atoms with Crippen molar-refractivity contribution in [1.29, 1.82) is 0 Å². The minimum absolute atomic E-state index is 0.0447. The van der Waals surface area contributed by atoms with Crippen molar-refractivity contribution in [2.75, 3.05) is 44.2 Å². The Morgan fingerprint density at radius 2 is 1.84 bits per heavy atom. The summed E-state index contributed by atoms with van der Waals surface area (Å²) in [6, 6.07) is 15.4. The van der Waals surface area contributed by atoms with Crippen molar-refractivity contribution < 1.29 is 8.42 Å². The number of fused-ring (bicyclic) bond motifs is 1. The van der Waals surface area contributed by atoms with Crippen LogP contribution >= 0.6 is 0 Å². The Bertz CT molecular complexity index is 1130. The number of nitrogens with zero attached hydrogens (tertiary/aromatic N) is 4. The summed E-state index contributed by atoms with van der Waals surface area (Å²) >= 11 is 0. The molecule has 0 aliphatic carbocycles. The van der Waals surface area contributed by atoms with Crippen molar-refractivity contribution in [3.8, 4) is 0 Å². The van der Waals surface area contributed by atoms with Gasteiger partial charge in [-0.3, -0.25) is 4.90 Å². The number of benzene rings is 2. The van der Waals surface area contributed by atoms with Crippen molar-refractivity contribution in [3.63, 3.8) is 0 Å². The number of hydrogen-bond acceptors (Lipinski definition) is 5. The van der Waals surface area contributed by atoms with E-state index < -0.39 is 10.0 Å². The zero-order valence-corrected chi connectivity index (χ0v) is 18.7. The van der Waals surface area contributed by atoms with Crippen LogP contribution in [0.2, 0.25) is 0 Å². The standard InChI is InChI=1S/C23H29N5O2S/c1-18-6-4-8-20(16-18)31(29,30)28-11-5-7-19(28)17-26-12-14-27(15-13-26)23-24-21-9-2-3-10-22(21)25-23/h2-4,6,8-10,16,19H,5,7,11-15,17H2,1H3,(H,24,25)/t19-/m0/s1. The number of sulfonamides is 1. The van der Waals surface area contributed by atoms with E-state index in [1.54, 1.807) is 16.4 Å². The van der Waals surface area contributed by atoms with Crippen molar-refractivity contribution in [3.05, 3.63) is 54.1 Å². The molecule has 2 aromatic carbocycles. The first kappa shape index (κ1) is 20.5. The van der Waals surface area contributed by atoms with Gasteiger partial charge in [-0.2, -0.15) is 4.31 Å². The molecule has 5 rings (SSSR count). The number of aromatic amines is 1. The van der Waals surface area contributed by atoms with Gasteiger partial charge in [-0.25, -0.2) is 13.4 Å². The highest BCUT2D eigenvalue weighted by molar-refractivity contribution is 7.89.